The maximum absolute atomic E-state index is 12.6. The summed E-state index contributed by atoms with van der Waals surface area (Å²) in [5.74, 6) is 1.20. The van der Waals surface area contributed by atoms with Gasteiger partial charge in [-0.2, -0.15) is 0 Å². The van der Waals surface area contributed by atoms with Crippen molar-refractivity contribution in [1.29, 1.82) is 0 Å². The van der Waals surface area contributed by atoms with Crippen molar-refractivity contribution in [2.75, 3.05) is 11.9 Å². The predicted octanol–water partition coefficient (Wildman–Crippen LogP) is 2.51. The van der Waals surface area contributed by atoms with Gasteiger partial charge in [-0.25, -0.2) is 4.79 Å². The highest BCUT2D eigenvalue weighted by Crippen LogP contribution is 2.32. The van der Waals surface area contributed by atoms with Crippen LogP contribution in [0.25, 0.3) is 0 Å². The van der Waals surface area contributed by atoms with Crippen LogP contribution < -0.4 is 16.0 Å². The first kappa shape index (κ1) is 16.8. The molecule has 0 aliphatic heterocycles. The molecule has 0 unspecified atom stereocenters. The van der Waals surface area contributed by atoms with Gasteiger partial charge in [0.1, 0.15) is 16.9 Å². The zero-order valence-electron chi connectivity index (χ0n) is 14.4. The molecule has 1 aromatic heterocycles. The molecule has 2 fully saturated rings. The van der Waals surface area contributed by atoms with Crippen molar-refractivity contribution in [3.63, 3.8) is 0 Å². The second-order valence-corrected chi connectivity index (χ2v) is 6.94. The van der Waals surface area contributed by atoms with Crippen LogP contribution in [0.2, 0.25) is 0 Å². The molecule has 24 heavy (non-hydrogen) atoms. The Morgan fingerprint density at radius 1 is 1.29 bits per heavy atom. The summed E-state index contributed by atoms with van der Waals surface area (Å²) in [7, 11) is 0. The van der Waals surface area contributed by atoms with Crippen LogP contribution in [0.4, 0.5) is 10.5 Å². The summed E-state index contributed by atoms with van der Waals surface area (Å²) in [6.07, 6.45) is 6.28. The van der Waals surface area contributed by atoms with Crippen molar-refractivity contribution in [1.82, 2.24) is 15.8 Å². The van der Waals surface area contributed by atoms with E-state index in [2.05, 4.69) is 21.1 Å². The number of nitrogens with one attached hydrogen (secondary N) is 3. The van der Waals surface area contributed by atoms with Crippen LogP contribution >= 0.6 is 0 Å². The summed E-state index contributed by atoms with van der Waals surface area (Å²) >= 11 is 0. The molecular weight excluding hydrogens is 308 g/mol. The van der Waals surface area contributed by atoms with Gasteiger partial charge < -0.3 is 20.5 Å². The Bertz CT molecular complexity index is 615. The molecular formula is C17H26N4O3. The van der Waals surface area contributed by atoms with Crippen molar-refractivity contribution in [3.8, 4) is 0 Å². The van der Waals surface area contributed by atoms with Gasteiger partial charge in [0.15, 0.2) is 5.76 Å². The summed E-state index contributed by atoms with van der Waals surface area (Å²) in [6, 6.07) is -0.375. The molecule has 2 saturated carbocycles. The fraction of sp³-hybridized carbons (Fsp3) is 0.706. The van der Waals surface area contributed by atoms with Crippen LogP contribution in [0.3, 0.4) is 0 Å². The van der Waals surface area contributed by atoms with E-state index in [1.165, 1.54) is 12.8 Å². The van der Waals surface area contributed by atoms with Gasteiger partial charge in [0, 0.05) is 13.0 Å². The molecule has 2 aliphatic rings. The zero-order valence-corrected chi connectivity index (χ0v) is 14.4. The van der Waals surface area contributed by atoms with Crippen molar-refractivity contribution in [3.05, 3.63) is 11.5 Å². The third-order valence-corrected chi connectivity index (χ3v) is 4.99. The maximum atomic E-state index is 12.6. The molecule has 3 N–H and O–H groups in total. The first-order valence-electron chi connectivity index (χ1n) is 8.86. The van der Waals surface area contributed by atoms with Crippen molar-refractivity contribution in [2.24, 2.45) is 5.92 Å². The minimum Gasteiger partial charge on any atom is -0.359 e. The van der Waals surface area contributed by atoms with Gasteiger partial charge in [-0.05, 0) is 38.5 Å². The molecule has 3 amide bonds. The molecule has 0 bridgehead atoms. The molecule has 0 spiro atoms. The number of hydrogen-bond donors (Lipinski definition) is 3. The van der Waals surface area contributed by atoms with Gasteiger partial charge in [-0.1, -0.05) is 24.9 Å². The lowest BCUT2D eigenvalue weighted by molar-refractivity contribution is -0.127. The number of rotatable bonds is 6. The molecule has 1 aromatic rings. The van der Waals surface area contributed by atoms with Crippen LogP contribution in [0.5, 0.6) is 0 Å². The summed E-state index contributed by atoms with van der Waals surface area (Å²) in [5.41, 5.74) is 0.443. The summed E-state index contributed by atoms with van der Waals surface area (Å²) in [6.45, 7) is 4.44. The van der Waals surface area contributed by atoms with E-state index < -0.39 is 5.54 Å². The average Bonchev–Trinajstić information content (AvgIpc) is 3.17. The van der Waals surface area contributed by atoms with Crippen LogP contribution in [0, 0.1) is 12.8 Å². The van der Waals surface area contributed by atoms with Crippen LogP contribution in [0.15, 0.2) is 4.52 Å². The Morgan fingerprint density at radius 2 is 2.00 bits per heavy atom. The number of aryl methyl sites for hydroxylation is 2. The monoisotopic (exact) mass is 334 g/mol. The summed E-state index contributed by atoms with van der Waals surface area (Å²) in [5, 5.41) is 12.6. The Hall–Kier alpha value is -2.05. The van der Waals surface area contributed by atoms with Crippen LogP contribution in [-0.2, 0) is 11.2 Å². The molecule has 0 atom stereocenters. The largest absolute Gasteiger partial charge is 0.359 e. The average molecular weight is 334 g/mol. The van der Waals surface area contributed by atoms with Gasteiger partial charge in [0.2, 0.25) is 5.91 Å². The van der Waals surface area contributed by atoms with E-state index in [0.717, 1.165) is 12.8 Å². The van der Waals surface area contributed by atoms with Crippen LogP contribution in [-0.4, -0.2) is 29.2 Å². The Morgan fingerprint density at radius 3 is 2.62 bits per heavy atom. The highest BCUT2D eigenvalue weighted by Gasteiger charge is 2.43. The molecule has 132 valence electrons. The lowest BCUT2D eigenvalue weighted by atomic mass is 9.96. The Labute approximate surface area is 141 Å². The molecule has 0 aromatic carbocycles. The zero-order chi connectivity index (χ0) is 17.2. The van der Waals surface area contributed by atoms with Gasteiger partial charge in [0.05, 0.1) is 0 Å². The first-order valence-corrected chi connectivity index (χ1v) is 8.86. The smallest absolute Gasteiger partial charge is 0.320 e. The highest BCUT2D eigenvalue weighted by molar-refractivity contribution is 5.96. The third-order valence-electron chi connectivity index (χ3n) is 4.99. The number of aromatic nitrogens is 1. The second-order valence-electron chi connectivity index (χ2n) is 6.94. The number of carbonyl (C=O) groups is 2. The van der Waals surface area contributed by atoms with Gasteiger partial charge >= 0.3 is 6.03 Å². The van der Waals surface area contributed by atoms with E-state index in [1.54, 1.807) is 6.92 Å². The molecule has 3 rings (SSSR count). The lowest BCUT2D eigenvalue weighted by Gasteiger charge is -2.29. The fourth-order valence-electron chi connectivity index (χ4n) is 3.30. The topological polar surface area (TPSA) is 96.3 Å². The van der Waals surface area contributed by atoms with E-state index in [-0.39, 0.29) is 11.9 Å². The second kappa shape index (κ2) is 6.83. The number of carbonyl (C=O) groups excluding carboxylic acids is 2. The molecule has 7 nitrogen and oxygen atoms in total. The van der Waals surface area contributed by atoms with E-state index >= 15 is 0 Å². The molecule has 7 heteroatoms. The Balaban J connectivity index is 1.64. The molecule has 2 aliphatic carbocycles. The third kappa shape index (κ3) is 3.55. The Kier molecular flexibility index (Phi) is 4.78. The predicted molar refractivity (Wildman–Crippen MR) is 89.7 cm³/mol. The van der Waals surface area contributed by atoms with E-state index in [1.807, 2.05) is 6.92 Å². The van der Waals surface area contributed by atoms with E-state index in [0.29, 0.717) is 48.9 Å². The standard InChI is InChI=1S/C17H26N4O3/c1-3-13-14(11(2)21-24-13)19-16(23)20-17(8-4-5-9-17)15(22)18-10-12-6-7-12/h12H,3-10H2,1-2H3,(H,18,22)(H2,19,20,23). The molecule has 1 heterocycles. The van der Waals surface area contributed by atoms with Gasteiger partial charge in [-0.3, -0.25) is 4.79 Å². The number of anilines is 1. The normalized spacial score (nSPS) is 19.1. The maximum Gasteiger partial charge on any atom is 0.320 e. The van der Waals surface area contributed by atoms with Crippen molar-refractivity contribution >= 4 is 17.6 Å². The number of nitrogens with zero attached hydrogens (tertiary/aromatic N) is 1. The minimum atomic E-state index is -0.795. The van der Waals surface area contributed by atoms with Crippen LogP contribution in [0.1, 0.15) is 56.9 Å². The van der Waals surface area contributed by atoms with E-state index in [9.17, 15) is 9.59 Å². The minimum absolute atomic E-state index is 0.0557. The summed E-state index contributed by atoms with van der Waals surface area (Å²) < 4.78 is 5.19. The first-order chi connectivity index (χ1) is 11.5. The quantitative estimate of drug-likeness (QED) is 0.745. The number of urea groups is 1. The van der Waals surface area contributed by atoms with Gasteiger partial charge in [-0.15, -0.1) is 0 Å². The lowest BCUT2D eigenvalue weighted by Crippen LogP contribution is -2.58. The molecule has 0 radical (unpaired) electrons. The fourth-order valence-corrected chi connectivity index (χ4v) is 3.30. The SMILES string of the molecule is CCc1onc(C)c1NC(=O)NC1(C(=O)NCC2CC2)CCCC1. The van der Waals surface area contributed by atoms with Crippen molar-refractivity contribution < 1.29 is 14.1 Å². The highest BCUT2D eigenvalue weighted by atomic mass is 16.5. The number of amides is 3. The van der Waals surface area contributed by atoms with Crippen molar-refractivity contribution in [2.45, 2.75) is 64.3 Å². The van der Waals surface area contributed by atoms with Gasteiger partial charge in [0.25, 0.3) is 0 Å². The van der Waals surface area contributed by atoms with E-state index in [4.69, 9.17) is 4.52 Å². The molecule has 0 saturated heterocycles. The summed E-state index contributed by atoms with van der Waals surface area (Å²) in [4.78, 5) is 25.1. The number of hydrogen-bond acceptors (Lipinski definition) is 4.